The van der Waals surface area contributed by atoms with Crippen LogP contribution in [-0.4, -0.2) is 13.7 Å². The molecule has 0 aliphatic carbocycles. The van der Waals surface area contributed by atoms with Gasteiger partial charge in [0, 0.05) is 16.8 Å². The van der Waals surface area contributed by atoms with Gasteiger partial charge in [-0.2, -0.15) is 0 Å². The number of aromatic nitrogens is 1. The minimum atomic E-state index is -2.16. The van der Waals surface area contributed by atoms with Gasteiger partial charge >= 0.3 is 0 Å². The van der Waals surface area contributed by atoms with E-state index in [1.54, 1.807) is 24.4 Å². The van der Waals surface area contributed by atoms with Crippen LogP contribution in [0.2, 0.25) is 0 Å². The van der Waals surface area contributed by atoms with Crippen molar-refractivity contribution >= 4 is 11.1 Å². The predicted molar refractivity (Wildman–Crippen MR) is 53.4 cm³/mol. The summed E-state index contributed by atoms with van der Waals surface area (Å²) in [5.74, 6) is 0. The molecule has 0 aliphatic rings. The molecule has 2 aromatic rings. The molecule has 72 valence electrons. The minimum Gasteiger partial charge on any atom is -0.768 e. The maximum atomic E-state index is 10.7. The van der Waals surface area contributed by atoms with Crippen molar-refractivity contribution in [2.24, 2.45) is 0 Å². The summed E-state index contributed by atoms with van der Waals surface area (Å²) in [5.41, 5.74) is 1.79. The normalized spacial score (nSPS) is 12.6. The second kappa shape index (κ2) is 3.77. The van der Waals surface area contributed by atoms with Gasteiger partial charge < -0.3 is 9.54 Å². The largest absolute Gasteiger partial charge is 0.768 e. The predicted octanol–water partition coefficient (Wildman–Crippen LogP) is 1.92. The number of aromatic amines is 1. The molecular weight excluding hydrogens is 198 g/mol. The molecule has 4 heteroatoms. The molecule has 14 heavy (non-hydrogen) atoms. The zero-order valence-corrected chi connectivity index (χ0v) is 8.08. The number of hydrogen-bond donors (Lipinski definition) is 1. The Morgan fingerprint density at radius 2 is 2.07 bits per heavy atom. The van der Waals surface area contributed by atoms with Crippen molar-refractivity contribution in [1.29, 1.82) is 0 Å². The first kappa shape index (κ1) is 9.18. The first-order valence-electron chi connectivity index (χ1n) is 4.10. The molecule has 0 saturated carbocycles. The molecule has 1 unspecified atom stereocenters. The van der Waals surface area contributed by atoms with Gasteiger partial charge in [0.15, 0.2) is 0 Å². The highest BCUT2D eigenvalue weighted by Gasteiger charge is 1.99. The average Bonchev–Trinajstić information content (AvgIpc) is 2.71. The summed E-state index contributed by atoms with van der Waals surface area (Å²) in [6, 6.07) is 10.6. The number of hydrogen-bond acceptors (Lipinski definition) is 2. The van der Waals surface area contributed by atoms with Crippen LogP contribution in [0, 0.1) is 0 Å². The van der Waals surface area contributed by atoms with Crippen molar-refractivity contribution < 1.29 is 8.76 Å². The van der Waals surface area contributed by atoms with Crippen molar-refractivity contribution in [3.63, 3.8) is 0 Å². The molecule has 1 aromatic carbocycles. The zero-order chi connectivity index (χ0) is 9.97. The molecule has 0 amide bonds. The summed E-state index contributed by atoms with van der Waals surface area (Å²) in [5, 5.41) is 0. The second-order valence-electron chi connectivity index (χ2n) is 2.85. The lowest BCUT2D eigenvalue weighted by Gasteiger charge is -2.06. The number of benzene rings is 1. The van der Waals surface area contributed by atoms with Crippen LogP contribution in [0.4, 0.5) is 0 Å². The van der Waals surface area contributed by atoms with Crippen molar-refractivity contribution in [3.05, 3.63) is 42.6 Å². The molecule has 1 atom stereocenters. The van der Waals surface area contributed by atoms with Gasteiger partial charge in [0.25, 0.3) is 0 Å². The summed E-state index contributed by atoms with van der Waals surface area (Å²) < 4.78 is 21.4. The third-order valence-electron chi connectivity index (χ3n) is 1.94. The first-order chi connectivity index (χ1) is 6.77. The van der Waals surface area contributed by atoms with Crippen molar-refractivity contribution in [1.82, 2.24) is 4.98 Å². The van der Waals surface area contributed by atoms with Crippen LogP contribution in [-0.2, 0) is 11.1 Å². The molecule has 2 rings (SSSR count). The third kappa shape index (κ3) is 1.76. The fourth-order valence-corrected chi connectivity index (χ4v) is 1.69. The van der Waals surface area contributed by atoms with Gasteiger partial charge in [0.05, 0.1) is 0 Å². The Kier molecular flexibility index (Phi) is 2.47. The highest BCUT2D eigenvalue weighted by Crippen LogP contribution is 2.19. The summed E-state index contributed by atoms with van der Waals surface area (Å²) in [4.78, 5) is 3.32. The lowest BCUT2D eigenvalue weighted by Crippen LogP contribution is -1.88. The Morgan fingerprint density at radius 1 is 1.21 bits per heavy atom. The molecule has 0 spiro atoms. The standard InChI is InChI=1S/C10H9NO2S/c12-14(13)9-4-1-3-8(7-9)10-5-2-6-11-10/h1-7,11H,(H,12,13)/p-1. The van der Waals surface area contributed by atoms with Gasteiger partial charge in [-0.15, -0.1) is 0 Å². The quantitative estimate of drug-likeness (QED) is 0.763. The fraction of sp³-hybridized carbons (Fsp3) is 0. The van der Waals surface area contributed by atoms with Crippen molar-refractivity contribution in [2.75, 3.05) is 0 Å². The highest BCUT2D eigenvalue weighted by molar-refractivity contribution is 7.79. The molecule has 1 aromatic heterocycles. The van der Waals surface area contributed by atoms with Crippen LogP contribution in [0.25, 0.3) is 11.3 Å². The minimum absolute atomic E-state index is 0.303. The molecule has 1 heterocycles. The highest BCUT2D eigenvalue weighted by atomic mass is 32.2. The first-order valence-corrected chi connectivity index (χ1v) is 5.18. The van der Waals surface area contributed by atoms with E-state index in [9.17, 15) is 8.76 Å². The van der Waals surface area contributed by atoms with E-state index in [2.05, 4.69) is 4.98 Å². The number of nitrogens with one attached hydrogen (secondary N) is 1. The van der Waals surface area contributed by atoms with Crippen LogP contribution in [0.3, 0.4) is 0 Å². The molecule has 0 fully saturated rings. The van der Waals surface area contributed by atoms with Gasteiger partial charge in [0.2, 0.25) is 0 Å². The Balaban J connectivity index is 2.46. The molecule has 0 bridgehead atoms. The Morgan fingerprint density at radius 3 is 2.71 bits per heavy atom. The van der Waals surface area contributed by atoms with E-state index in [0.717, 1.165) is 11.3 Å². The average molecular weight is 206 g/mol. The summed E-state index contributed by atoms with van der Waals surface area (Å²) >= 11 is -2.16. The number of H-pyrrole nitrogens is 1. The van der Waals surface area contributed by atoms with Gasteiger partial charge in [-0.3, -0.25) is 4.21 Å². The zero-order valence-electron chi connectivity index (χ0n) is 7.27. The van der Waals surface area contributed by atoms with E-state index in [0.29, 0.717) is 4.90 Å². The molecule has 0 saturated heterocycles. The maximum absolute atomic E-state index is 10.7. The molecule has 0 radical (unpaired) electrons. The van der Waals surface area contributed by atoms with E-state index in [1.807, 2.05) is 18.2 Å². The Bertz CT molecular complexity index is 451. The second-order valence-corrected chi connectivity index (χ2v) is 3.79. The van der Waals surface area contributed by atoms with Crippen LogP contribution in [0.15, 0.2) is 47.5 Å². The van der Waals surface area contributed by atoms with Gasteiger partial charge in [-0.1, -0.05) is 12.1 Å². The monoisotopic (exact) mass is 206 g/mol. The maximum Gasteiger partial charge on any atom is 0.0454 e. The van der Waals surface area contributed by atoms with Gasteiger partial charge in [0.1, 0.15) is 0 Å². The summed E-state index contributed by atoms with van der Waals surface area (Å²) in [6.45, 7) is 0. The van der Waals surface area contributed by atoms with Crippen LogP contribution in [0.5, 0.6) is 0 Å². The van der Waals surface area contributed by atoms with Crippen molar-refractivity contribution in [2.45, 2.75) is 4.90 Å². The molecule has 0 aliphatic heterocycles. The molecular formula is C10H8NO2S-. The van der Waals surface area contributed by atoms with E-state index in [4.69, 9.17) is 0 Å². The topological polar surface area (TPSA) is 55.9 Å². The van der Waals surface area contributed by atoms with E-state index in [-0.39, 0.29) is 0 Å². The fourth-order valence-electron chi connectivity index (χ4n) is 1.28. The van der Waals surface area contributed by atoms with E-state index in [1.165, 1.54) is 0 Å². The molecule has 1 N–H and O–H groups in total. The van der Waals surface area contributed by atoms with Crippen LogP contribution >= 0.6 is 0 Å². The summed E-state index contributed by atoms with van der Waals surface area (Å²) in [7, 11) is 0. The van der Waals surface area contributed by atoms with Gasteiger partial charge in [-0.05, 0) is 40.9 Å². The lowest BCUT2D eigenvalue weighted by molar-refractivity contribution is 0.537. The van der Waals surface area contributed by atoms with Crippen LogP contribution in [0.1, 0.15) is 0 Å². The number of rotatable bonds is 2. The summed E-state index contributed by atoms with van der Waals surface area (Å²) in [6.07, 6.45) is 1.80. The van der Waals surface area contributed by atoms with E-state index >= 15 is 0 Å². The third-order valence-corrected chi connectivity index (χ3v) is 2.57. The smallest absolute Gasteiger partial charge is 0.0454 e. The van der Waals surface area contributed by atoms with E-state index < -0.39 is 11.1 Å². The Labute approximate surface area is 84.1 Å². The van der Waals surface area contributed by atoms with Crippen molar-refractivity contribution in [3.8, 4) is 11.3 Å². The molecule has 3 nitrogen and oxygen atoms in total. The SMILES string of the molecule is O=S([O-])c1cccc(-c2ccc[nH]2)c1. The van der Waals surface area contributed by atoms with Crippen LogP contribution < -0.4 is 0 Å². The lowest BCUT2D eigenvalue weighted by atomic mass is 10.2. The Hall–Kier alpha value is -1.39. The van der Waals surface area contributed by atoms with Gasteiger partial charge in [-0.25, -0.2) is 0 Å².